The molecule has 0 radical (unpaired) electrons. The van der Waals surface area contributed by atoms with Crippen molar-refractivity contribution in [1.82, 2.24) is 10.9 Å². The van der Waals surface area contributed by atoms with Crippen molar-refractivity contribution in [1.29, 1.82) is 0 Å². The molecule has 0 aliphatic rings. The van der Waals surface area contributed by atoms with Crippen LogP contribution in [0, 0.1) is 10.8 Å². The third-order valence-electron chi connectivity index (χ3n) is 2.68. The van der Waals surface area contributed by atoms with Gasteiger partial charge in [0, 0.05) is 12.5 Å². The molecule has 0 aliphatic carbocycles. The van der Waals surface area contributed by atoms with Crippen molar-refractivity contribution in [2.45, 2.75) is 34.6 Å². The van der Waals surface area contributed by atoms with Crippen molar-refractivity contribution in [3.63, 3.8) is 0 Å². The van der Waals surface area contributed by atoms with E-state index in [9.17, 15) is 4.79 Å². The van der Waals surface area contributed by atoms with Gasteiger partial charge >= 0.3 is 0 Å². The van der Waals surface area contributed by atoms with E-state index in [4.69, 9.17) is 0 Å². The molecule has 0 saturated carbocycles. The predicted octanol–water partition coefficient (Wildman–Crippen LogP) is 1.31. The van der Waals surface area contributed by atoms with E-state index in [1.165, 1.54) is 0 Å². The van der Waals surface area contributed by atoms with Crippen LogP contribution >= 0.6 is 0 Å². The Labute approximate surface area is 74.9 Å². The van der Waals surface area contributed by atoms with Crippen molar-refractivity contribution in [2.75, 3.05) is 7.05 Å². The average molecular weight is 172 g/mol. The lowest BCUT2D eigenvalue weighted by atomic mass is 9.69. The molecule has 0 aromatic rings. The van der Waals surface area contributed by atoms with Crippen LogP contribution in [-0.2, 0) is 4.79 Å². The predicted molar refractivity (Wildman–Crippen MR) is 50.4 cm³/mol. The van der Waals surface area contributed by atoms with Crippen LogP contribution in [0.2, 0.25) is 0 Å². The first-order chi connectivity index (χ1) is 5.23. The highest BCUT2D eigenvalue weighted by Crippen LogP contribution is 2.37. The summed E-state index contributed by atoms with van der Waals surface area (Å²) in [5.74, 6) is 0.0255. The van der Waals surface area contributed by atoms with Gasteiger partial charge in [-0.2, -0.15) is 0 Å². The third kappa shape index (κ3) is 2.21. The Kier molecular flexibility index (Phi) is 3.27. The SMILES string of the molecule is CNNC(=O)C(C)(C)C(C)(C)C. The molecular weight excluding hydrogens is 152 g/mol. The molecule has 0 heterocycles. The lowest BCUT2D eigenvalue weighted by molar-refractivity contribution is -0.135. The molecule has 0 unspecified atom stereocenters. The molecule has 0 bridgehead atoms. The van der Waals surface area contributed by atoms with E-state index >= 15 is 0 Å². The molecular formula is C9H20N2O. The lowest BCUT2D eigenvalue weighted by Crippen LogP contribution is -2.48. The molecule has 0 aromatic heterocycles. The fourth-order valence-electron chi connectivity index (χ4n) is 0.610. The van der Waals surface area contributed by atoms with E-state index in [2.05, 4.69) is 31.6 Å². The maximum absolute atomic E-state index is 11.5. The van der Waals surface area contributed by atoms with Crippen molar-refractivity contribution in [3.05, 3.63) is 0 Å². The van der Waals surface area contributed by atoms with Crippen molar-refractivity contribution >= 4 is 5.91 Å². The normalized spacial score (nSPS) is 12.8. The van der Waals surface area contributed by atoms with Crippen LogP contribution in [0.15, 0.2) is 0 Å². The first-order valence-electron chi connectivity index (χ1n) is 4.20. The van der Waals surface area contributed by atoms with Crippen LogP contribution in [-0.4, -0.2) is 13.0 Å². The summed E-state index contributed by atoms with van der Waals surface area (Å²) < 4.78 is 0. The summed E-state index contributed by atoms with van der Waals surface area (Å²) in [5, 5.41) is 0. The highest BCUT2D eigenvalue weighted by Gasteiger charge is 2.39. The molecule has 0 fully saturated rings. The van der Waals surface area contributed by atoms with Gasteiger partial charge in [-0.15, -0.1) is 0 Å². The molecule has 0 rings (SSSR count). The minimum Gasteiger partial charge on any atom is -0.291 e. The number of carbonyl (C=O) groups is 1. The van der Waals surface area contributed by atoms with E-state index in [1.54, 1.807) is 7.05 Å². The number of rotatable bonds is 2. The van der Waals surface area contributed by atoms with Gasteiger partial charge in [-0.3, -0.25) is 10.2 Å². The minimum atomic E-state index is -0.365. The Hall–Kier alpha value is -0.570. The Morgan fingerprint density at radius 2 is 1.50 bits per heavy atom. The molecule has 0 atom stereocenters. The number of hydrazine groups is 1. The topological polar surface area (TPSA) is 41.1 Å². The summed E-state index contributed by atoms with van der Waals surface area (Å²) in [6.45, 7) is 10.1. The Morgan fingerprint density at radius 1 is 1.08 bits per heavy atom. The van der Waals surface area contributed by atoms with Crippen LogP contribution in [0.4, 0.5) is 0 Å². The summed E-state index contributed by atoms with van der Waals surface area (Å²) in [6, 6.07) is 0. The van der Waals surface area contributed by atoms with E-state index in [1.807, 2.05) is 13.8 Å². The zero-order chi connectivity index (χ0) is 9.99. The average Bonchev–Trinajstić information content (AvgIpc) is 1.85. The molecule has 0 spiro atoms. The largest absolute Gasteiger partial charge is 0.291 e. The fraction of sp³-hybridized carbons (Fsp3) is 0.889. The van der Waals surface area contributed by atoms with Gasteiger partial charge in [-0.1, -0.05) is 34.6 Å². The molecule has 72 valence electrons. The summed E-state index contributed by atoms with van der Waals surface area (Å²) in [7, 11) is 1.69. The number of hydrogen-bond acceptors (Lipinski definition) is 2. The second-order valence-electron chi connectivity index (χ2n) is 4.58. The summed E-state index contributed by atoms with van der Waals surface area (Å²) in [4.78, 5) is 11.5. The van der Waals surface area contributed by atoms with Gasteiger partial charge in [0.2, 0.25) is 5.91 Å². The van der Waals surface area contributed by atoms with Gasteiger partial charge in [-0.05, 0) is 5.41 Å². The van der Waals surface area contributed by atoms with E-state index in [0.717, 1.165) is 0 Å². The van der Waals surface area contributed by atoms with E-state index < -0.39 is 0 Å². The first kappa shape index (κ1) is 11.4. The van der Waals surface area contributed by atoms with Gasteiger partial charge in [0.1, 0.15) is 0 Å². The van der Waals surface area contributed by atoms with Crippen LogP contribution in [0.3, 0.4) is 0 Å². The summed E-state index contributed by atoms with van der Waals surface area (Å²) >= 11 is 0. The summed E-state index contributed by atoms with van der Waals surface area (Å²) in [6.07, 6.45) is 0. The quantitative estimate of drug-likeness (QED) is 0.617. The van der Waals surface area contributed by atoms with Crippen molar-refractivity contribution < 1.29 is 4.79 Å². The molecule has 2 N–H and O–H groups in total. The highest BCUT2D eigenvalue weighted by atomic mass is 16.2. The third-order valence-corrected chi connectivity index (χ3v) is 2.68. The Bertz CT molecular complexity index is 168. The Morgan fingerprint density at radius 3 is 1.75 bits per heavy atom. The van der Waals surface area contributed by atoms with Crippen molar-refractivity contribution in [3.8, 4) is 0 Å². The maximum atomic E-state index is 11.5. The Balaban J connectivity index is 4.50. The highest BCUT2D eigenvalue weighted by molar-refractivity contribution is 5.82. The number of hydrogen-bond donors (Lipinski definition) is 2. The van der Waals surface area contributed by atoms with Crippen molar-refractivity contribution in [2.24, 2.45) is 10.8 Å². The smallest absolute Gasteiger partial charge is 0.240 e. The van der Waals surface area contributed by atoms with E-state index in [0.29, 0.717) is 0 Å². The molecule has 0 saturated heterocycles. The maximum Gasteiger partial charge on any atom is 0.240 e. The van der Waals surface area contributed by atoms with E-state index in [-0.39, 0.29) is 16.7 Å². The van der Waals surface area contributed by atoms with Gasteiger partial charge in [0.25, 0.3) is 0 Å². The van der Waals surface area contributed by atoms with Crippen LogP contribution in [0.25, 0.3) is 0 Å². The molecule has 0 aliphatic heterocycles. The zero-order valence-electron chi connectivity index (χ0n) is 8.91. The lowest BCUT2D eigenvalue weighted by Gasteiger charge is -2.36. The second-order valence-corrected chi connectivity index (χ2v) is 4.58. The molecule has 1 amide bonds. The van der Waals surface area contributed by atoms with Crippen LogP contribution in [0.1, 0.15) is 34.6 Å². The molecule has 12 heavy (non-hydrogen) atoms. The van der Waals surface area contributed by atoms with Gasteiger partial charge in [0.15, 0.2) is 0 Å². The molecule has 0 aromatic carbocycles. The zero-order valence-corrected chi connectivity index (χ0v) is 8.91. The monoisotopic (exact) mass is 172 g/mol. The molecule has 3 heteroatoms. The van der Waals surface area contributed by atoms with Crippen LogP contribution in [0.5, 0.6) is 0 Å². The van der Waals surface area contributed by atoms with Gasteiger partial charge in [0.05, 0.1) is 0 Å². The minimum absolute atomic E-state index is 0.0255. The number of nitrogens with one attached hydrogen (secondary N) is 2. The van der Waals surface area contributed by atoms with Gasteiger partial charge < -0.3 is 0 Å². The number of amides is 1. The number of carbonyl (C=O) groups excluding carboxylic acids is 1. The standard InChI is InChI=1S/C9H20N2O/c1-8(2,3)9(4,5)7(12)11-10-6/h10H,1-6H3,(H,11,12). The fourth-order valence-corrected chi connectivity index (χ4v) is 0.610. The van der Waals surface area contributed by atoms with Crippen LogP contribution < -0.4 is 10.9 Å². The molecule has 3 nitrogen and oxygen atoms in total. The first-order valence-corrected chi connectivity index (χ1v) is 4.20. The summed E-state index contributed by atoms with van der Waals surface area (Å²) in [5.41, 5.74) is 4.85. The van der Waals surface area contributed by atoms with Gasteiger partial charge in [-0.25, -0.2) is 5.43 Å². The second kappa shape index (κ2) is 3.44.